The molecule has 18 heavy (non-hydrogen) atoms. The number of phenolic OH excluding ortho intramolecular Hbond substituents is 1. The van der Waals surface area contributed by atoms with Crippen molar-refractivity contribution in [1.82, 2.24) is 4.98 Å². The summed E-state index contributed by atoms with van der Waals surface area (Å²) in [7, 11) is 0. The van der Waals surface area contributed by atoms with E-state index < -0.39 is 0 Å². The standard InChI is InChI=1S/C14H14N2O2/c1-9-3-4-12(8-13(9)17)16-14(18)11-5-6-15-10(2)7-11/h3-8,17H,1-2H3,(H,16,18). The Kier molecular flexibility index (Phi) is 3.28. The molecule has 2 N–H and O–H groups in total. The van der Waals surface area contributed by atoms with Crippen molar-refractivity contribution >= 4 is 11.6 Å². The van der Waals surface area contributed by atoms with E-state index in [0.29, 0.717) is 11.3 Å². The molecule has 4 heteroatoms. The van der Waals surface area contributed by atoms with Crippen molar-refractivity contribution in [3.63, 3.8) is 0 Å². The molecule has 1 aromatic heterocycles. The number of hydrogen-bond acceptors (Lipinski definition) is 3. The summed E-state index contributed by atoms with van der Waals surface area (Å²) in [6.07, 6.45) is 1.59. The molecular weight excluding hydrogens is 228 g/mol. The van der Waals surface area contributed by atoms with E-state index in [1.54, 1.807) is 37.4 Å². The second kappa shape index (κ2) is 4.87. The van der Waals surface area contributed by atoms with E-state index in [9.17, 15) is 9.90 Å². The average Bonchev–Trinajstić information content (AvgIpc) is 2.34. The minimum absolute atomic E-state index is 0.165. The lowest BCUT2D eigenvalue weighted by Crippen LogP contribution is -2.12. The third-order valence-electron chi connectivity index (χ3n) is 2.63. The van der Waals surface area contributed by atoms with Gasteiger partial charge >= 0.3 is 0 Å². The molecule has 0 aliphatic rings. The summed E-state index contributed by atoms with van der Waals surface area (Å²) in [5.41, 5.74) is 2.67. The Morgan fingerprint density at radius 2 is 2.00 bits per heavy atom. The molecule has 2 aromatic rings. The lowest BCUT2D eigenvalue weighted by Gasteiger charge is -2.07. The van der Waals surface area contributed by atoms with Crippen LogP contribution in [0, 0.1) is 13.8 Å². The molecule has 0 saturated heterocycles. The zero-order chi connectivity index (χ0) is 13.1. The maximum absolute atomic E-state index is 11.9. The minimum atomic E-state index is -0.219. The van der Waals surface area contributed by atoms with Gasteiger partial charge in [0, 0.05) is 29.2 Å². The van der Waals surface area contributed by atoms with Crippen LogP contribution >= 0.6 is 0 Å². The monoisotopic (exact) mass is 242 g/mol. The highest BCUT2D eigenvalue weighted by Crippen LogP contribution is 2.21. The van der Waals surface area contributed by atoms with Gasteiger partial charge in [-0.1, -0.05) is 6.07 Å². The van der Waals surface area contributed by atoms with E-state index in [0.717, 1.165) is 11.3 Å². The van der Waals surface area contributed by atoms with Crippen LogP contribution in [-0.2, 0) is 0 Å². The predicted molar refractivity (Wildman–Crippen MR) is 69.8 cm³/mol. The van der Waals surface area contributed by atoms with E-state index in [2.05, 4.69) is 10.3 Å². The maximum Gasteiger partial charge on any atom is 0.255 e. The topological polar surface area (TPSA) is 62.2 Å². The molecule has 0 aliphatic heterocycles. The van der Waals surface area contributed by atoms with Gasteiger partial charge in [-0.15, -0.1) is 0 Å². The van der Waals surface area contributed by atoms with Crippen molar-refractivity contribution in [3.05, 3.63) is 53.3 Å². The minimum Gasteiger partial charge on any atom is -0.508 e. The lowest BCUT2D eigenvalue weighted by molar-refractivity contribution is 0.102. The Labute approximate surface area is 105 Å². The van der Waals surface area contributed by atoms with E-state index in [-0.39, 0.29) is 11.7 Å². The quantitative estimate of drug-likeness (QED) is 0.851. The molecule has 1 heterocycles. The molecule has 92 valence electrons. The number of benzene rings is 1. The molecule has 0 bridgehead atoms. The third-order valence-corrected chi connectivity index (χ3v) is 2.63. The average molecular weight is 242 g/mol. The molecule has 1 aromatic carbocycles. The Balaban J connectivity index is 2.18. The molecule has 0 unspecified atom stereocenters. The molecule has 2 rings (SSSR count). The number of pyridine rings is 1. The van der Waals surface area contributed by atoms with Gasteiger partial charge in [-0.2, -0.15) is 0 Å². The summed E-state index contributed by atoms with van der Waals surface area (Å²) < 4.78 is 0. The molecule has 4 nitrogen and oxygen atoms in total. The normalized spacial score (nSPS) is 10.1. The highest BCUT2D eigenvalue weighted by atomic mass is 16.3. The molecule has 0 atom stereocenters. The number of carbonyl (C=O) groups excluding carboxylic acids is 1. The number of amides is 1. The lowest BCUT2D eigenvalue weighted by atomic mass is 10.2. The molecule has 0 saturated carbocycles. The van der Waals surface area contributed by atoms with Crippen LogP contribution in [0.2, 0.25) is 0 Å². The summed E-state index contributed by atoms with van der Waals surface area (Å²) in [4.78, 5) is 16.0. The number of aryl methyl sites for hydroxylation is 2. The molecule has 1 amide bonds. The van der Waals surface area contributed by atoms with E-state index in [1.807, 2.05) is 6.92 Å². The van der Waals surface area contributed by atoms with Crippen molar-refractivity contribution in [2.24, 2.45) is 0 Å². The fraction of sp³-hybridized carbons (Fsp3) is 0.143. The van der Waals surface area contributed by atoms with Crippen molar-refractivity contribution in [1.29, 1.82) is 0 Å². The number of phenols is 1. The van der Waals surface area contributed by atoms with Crippen LogP contribution in [-0.4, -0.2) is 16.0 Å². The second-order valence-corrected chi connectivity index (χ2v) is 4.14. The number of hydrogen-bond donors (Lipinski definition) is 2. The first-order valence-corrected chi connectivity index (χ1v) is 5.60. The largest absolute Gasteiger partial charge is 0.508 e. The number of nitrogens with one attached hydrogen (secondary N) is 1. The highest BCUT2D eigenvalue weighted by molar-refractivity contribution is 6.04. The first-order chi connectivity index (χ1) is 8.56. The molecular formula is C14H14N2O2. The number of aromatic hydroxyl groups is 1. The Hall–Kier alpha value is -2.36. The van der Waals surface area contributed by atoms with Crippen LogP contribution in [0.25, 0.3) is 0 Å². The van der Waals surface area contributed by atoms with Gasteiger partial charge in [-0.3, -0.25) is 9.78 Å². The maximum atomic E-state index is 11.9. The SMILES string of the molecule is Cc1cc(C(=O)Nc2ccc(C)c(O)c2)ccn1. The summed E-state index contributed by atoms with van der Waals surface area (Å²) in [5, 5.41) is 12.3. The van der Waals surface area contributed by atoms with Gasteiger partial charge in [-0.25, -0.2) is 0 Å². The predicted octanol–water partition coefficient (Wildman–Crippen LogP) is 2.66. The molecule has 0 fully saturated rings. The number of aromatic nitrogens is 1. The van der Waals surface area contributed by atoms with Crippen molar-refractivity contribution in [2.45, 2.75) is 13.8 Å². The van der Waals surface area contributed by atoms with Gasteiger partial charge in [0.25, 0.3) is 5.91 Å². The van der Waals surface area contributed by atoms with Crippen molar-refractivity contribution in [3.8, 4) is 5.75 Å². The van der Waals surface area contributed by atoms with Crippen molar-refractivity contribution < 1.29 is 9.90 Å². The van der Waals surface area contributed by atoms with Gasteiger partial charge in [0.1, 0.15) is 5.75 Å². The molecule has 0 spiro atoms. The highest BCUT2D eigenvalue weighted by Gasteiger charge is 2.07. The van der Waals surface area contributed by atoms with Crippen LogP contribution in [0.4, 0.5) is 5.69 Å². The van der Waals surface area contributed by atoms with E-state index in [1.165, 1.54) is 6.07 Å². The van der Waals surface area contributed by atoms with E-state index in [4.69, 9.17) is 0 Å². The zero-order valence-corrected chi connectivity index (χ0v) is 10.3. The van der Waals surface area contributed by atoms with Gasteiger partial charge in [0.05, 0.1) is 0 Å². The number of anilines is 1. The van der Waals surface area contributed by atoms with Crippen LogP contribution in [0.3, 0.4) is 0 Å². The van der Waals surface area contributed by atoms with Crippen LogP contribution in [0.1, 0.15) is 21.6 Å². The Morgan fingerprint density at radius 3 is 2.67 bits per heavy atom. The number of carbonyl (C=O) groups is 1. The molecule has 0 radical (unpaired) electrons. The number of rotatable bonds is 2. The zero-order valence-electron chi connectivity index (χ0n) is 10.3. The van der Waals surface area contributed by atoms with E-state index >= 15 is 0 Å². The Bertz CT molecular complexity index is 594. The fourth-order valence-electron chi connectivity index (χ4n) is 1.58. The van der Waals surface area contributed by atoms with Gasteiger partial charge in [-0.05, 0) is 37.6 Å². The molecule has 0 aliphatic carbocycles. The van der Waals surface area contributed by atoms with Crippen molar-refractivity contribution in [2.75, 3.05) is 5.32 Å². The Morgan fingerprint density at radius 1 is 1.22 bits per heavy atom. The third kappa shape index (κ3) is 2.66. The van der Waals surface area contributed by atoms with Gasteiger partial charge < -0.3 is 10.4 Å². The van der Waals surface area contributed by atoms with Crippen LogP contribution in [0.5, 0.6) is 5.75 Å². The van der Waals surface area contributed by atoms with Gasteiger partial charge in [0.2, 0.25) is 0 Å². The first kappa shape index (κ1) is 12.1. The van der Waals surface area contributed by atoms with Crippen LogP contribution in [0.15, 0.2) is 36.5 Å². The first-order valence-electron chi connectivity index (χ1n) is 5.60. The van der Waals surface area contributed by atoms with Gasteiger partial charge in [0.15, 0.2) is 0 Å². The summed E-state index contributed by atoms with van der Waals surface area (Å²) >= 11 is 0. The fourth-order valence-corrected chi connectivity index (χ4v) is 1.58. The van der Waals surface area contributed by atoms with Crippen LogP contribution < -0.4 is 5.32 Å². The summed E-state index contributed by atoms with van der Waals surface area (Å²) in [6, 6.07) is 8.39. The summed E-state index contributed by atoms with van der Waals surface area (Å²) in [5.74, 6) is -0.0533. The summed E-state index contributed by atoms with van der Waals surface area (Å²) in [6.45, 7) is 3.63. The number of nitrogens with zero attached hydrogens (tertiary/aromatic N) is 1. The second-order valence-electron chi connectivity index (χ2n) is 4.14. The smallest absolute Gasteiger partial charge is 0.255 e.